The summed E-state index contributed by atoms with van der Waals surface area (Å²) in [6.45, 7) is 0.398. The van der Waals surface area contributed by atoms with Gasteiger partial charge in [-0.1, -0.05) is 18.2 Å². The molecule has 1 aromatic carbocycles. The number of carbonyl (C=O) groups is 3. The van der Waals surface area contributed by atoms with Gasteiger partial charge in [0.15, 0.2) is 0 Å². The molecule has 1 aliphatic rings. The van der Waals surface area contributed by atoms with Crippen molar-refractivity contribution in [2.75, 3.05) is 30.3 Å². The van der Waals surface area contributed by atoms with Crippen molar-refractivity contribution < 1.29 is 19.1 Å². The van der Waals surface area contributed by atoms with Crippen molar-refractivity contribution in [1.29, 1.82) is 0 Å². The summed E-state index contributed by atoms with van der Waals surface area (Å²) < 4.78 is 4.75. The van der Waals surface area contributed by atoms with E-state index in [0.717, 1.165) is 11.3 Å². The van der Waals surface area contributed by atoms with Gasteiger partial charge in [0, 0.05) is 18.2 Å². The molecule has 0 radical (unpaired) electrons. The highest BCUT2D eigenvalue weighted by Gasteiger charge is 2.35. The number of rotatable bonds is 6. The van der Waals surface area contributed by atoms with Crippen LogP contribution in [0.3, 0.4) is 0 Å². The number of benzene rings is 1. The molecular formula is C16H18Cl2N2O4. The summed E-state index contributed by atoms with van der Waals surface area (Å²) in [4.78, 5) is 37.1. The molecule has 24 heavy (non-hydrogen) atoms. The first-order valence-corrected chi connectivity index (χ1v) is 8.47. The number of hydrogen-bond donors (Lipinski definition) is 1. The molecule has 2 amide bonds. The molecule has 0 saturated heterocycles. The van der Waals surface area contributed by atoms with E-state index in [1.54, 1.807) is 4.90 Å². The van der Waals surface area contributed by atoms with E-state index in [1.807, 2.05) is 24.3 Å². The van der Waals surface area contributed by atoms with Crippen LogP contribution in [0.5, 0.6) is 0 Å². The highest BCUT2D eigenvalue weighted by molar-refractivity contribution is 6.29. The Morgan fingerprint density at radius 3 is 2.62 bits per heavy atom. The number of esters is 1. The Bertz CT molecular complexity index is 638. The van der Waals surface area contributed by atoms with Gasteiger partial charge < -0.3 is 15.0 Å². The van der Waals surface area contributed by atoms with E-state index in [2.05, 4.69) is 5.32 Å². The van der Waals surface area contributed by atoms with Gasteiger partial charge in [-0.25, -0.2) is 4.79 Å². The quantitative estimate of drug-likeness (QED) is 0.608. The summed E-state index contributed by atoms with van der Waals surface area (Å²) in [5.41, 5.74) is 1.71. The van der Waals surface area contributed by atoms with Crippen LogP contribution >= 0.6 is 23.2 Å². The predicted molar refractivity (Wildman–Crippen MR) is 91.5 cm³/mol. The second kappa shape index (κ2) is 8.35. The molecular weight excluding hydrogens is 355 g/mol. The molecule has 2 rings (SSSR count). The molecule has 0 bridgehead atoms. The molecule has 1 unspecified atom stereocenters. The maximum Gasteiger partial charge on any atom is 0.328 e. The van der Waals surface area contributed by atoms with E-state index in [4.69, 9.17) is 27.9 Å². The molecule has 2 atom stereocenters. The SMILES string of the molecule is COC(=O)[C@@H](CC1CN(C(=O)CCl)c2ccccc21)NC(=O)CCl. The number of para-hydroxylation sites is 1. The molecule has 1 aliphatic heterocycles. The van der Waals surface area contributed by atoms with Crippen molar-refractivity contribution >= 4 is 46.7 Å². The van der Waals surface area contributed by atoms with Gasteiger partial charge >= 0.3 is 5.97 Å². The third-order valence-electron chi connectivity index (χ3n) is 3.95. The fourth-order valence-electron chi connectivity index (χ4n) is 2.88. The number of alkyl halides is 2. The van der Waals surface area contributed by atoms with Crippen LogP contribution < -0.4 is 10.2 Å². The summed E-state index contributed by atoms with van der Waals surface area (Å²) in [6, 6.07) is 6.61. The highest BCUT2D eigenvalue weighted by Crippen LogP contribution is 2.38. The molecule has 0 fully saturated rings. The van der Waals surface area contributed by atoms with Gasteiger partial charge in [0.2, 0.25) is 11.8 Å². The third kappa shape index (κ3) is 3.99. The lowest BCUT2D eigenvalue weighted by Crippen LogP contribution is -2.43. The number of ether oxygens (including phenoxy) is 1. The number of anilines is 1. The van der Waals surface area contributed by atoms with Crippen LogP contribution in [0, 0.1) is 0 Å². The topological polar surface area (TPSA) is 75.7 Å². The number of hydrogen-bond acceptors (Lipinski definition) is 4. The Morgan fingerprint density at radius 2 is 2.00 bits per heavy atom. The fraction of sp³-hybridized carbons (Fsp3) is 0.438. The molecule has 1 N–H and O–H groups in total. The summed E-state index contributed by atoms with van der Waals surface area (Å²) in [7, 11) is 1.26. The van der Waals surface area contributed by atoms with Crippen molar-refractivity contribution in [2.45, 2.75) is 18.4 Å². The lowest BCUT2D eigenvalue weighted by Gasteiger charge is -2.20. The van der Waals surface area contributed by atoms with E-state index in [0.29, 0.717) is 13.0 Å². The first kappa shape index (κ1) is 18.5. The Labute approximate surface area is 150 Å². The Kier molecular flexibility index (Phi) is 6.45. The van der Waals surface area contributed by atoms with E-state index in [1.165, 1.54) is 7.11 Å². The molecule has 0 spiro atoms. The lowest BCUT2D eigenvalue weighted by atomic mass is 9.94. The van der Waals surface area contributed by atoms with Gasteiger partial charge in [-0.2, -0.15) is 0 Å². The molecule has 0 aliphatic carbocycles. The molecule has 1 aromatic rings. The standard InChI is InChI=1S/C16H18Cl2N2O4/c1-24-16(23)12(19-14(21)7-17)6-10-9-20(15(22)8-18)13-5-3-2-4-11(10)13/h2-5,10,12H,6-9H2,1H3,(H,19,21)/t10?,12-/m1/s1. The van der Waals surface area contributed by atoms with Crippen molar-refractivity contribution in [1.82, 2.24) is 5.32 Å². The summed E-state index contributed by atoms with van der Waals surface area (Å²) in [6.07, 6.45) is 0.304. The molecule has 0 saturated carbocycles. The Hall–Kier alpha value is -1.79. The van der Waals surface area contributed by atoms with Crippen LogP contribution in [0.1, 0.15) is 17.9 Å². The van der Waals surface area contributed by atoms with Crippen molar-refractivity contribution in [3.05, 3.63) is 29.8 Å². The minimum Gasteiger partial charge on any atom is -0.467 e. The zero-order valence-electron chi connectivity index (χ0n) is 13.1. The van der Waals surface area contributed by atoms with E-state index < -0.39 is 17.9 Å². The molecule has 6 nitrogen and oxygen atoms in total. The molecule has 8 heteroatoms. The number of amides is 2. The summed E-state index contributed by atoms with van der Waals surface area (Å²) >= 11 is 11.2. The van der Waals surface area contributed by atoms with Gasteiger partial charge in [-0.15, -0.1) is 23.2 Å². The highest BCUT2D eigenvalue weighted by atomic mass is 35.5. The molecule has 1 heterocycles. The average Bonchev–Trinajstić information content (AvgIpc) is 2.98. The van der Waals surface area contributed by atoms with Crippen LogP contribution in [0.15, 0.2) is 24.3 Å². The van der Waals surface area contributed by atoms with Gasteiger partial charge in [0.1, 0.15) is 17.8 Å². The van der Waals surface area contributed by atoms with Crippen LogP contribution in [-0.2, 0) is 19.1 Å². The van der Waals surface area contributed by atoms with E-state index >= 15 is 0 Å². The second-order valence-electron chi connectivity index (χ2n) is 5.41. The summed E-state index contributed by atoms with van der Waals surface area (Å²) in [5, 5.41) is 2.56. The summed E-state index contributed by atoms with van der Waals surface area (Å²) in [5.74, 6) is -1.69. The smallest absolute Gasteiger partial charge is 0.328 e. The minimum atomic E-state index is -0.828. The Balaban J connectivity index is 2.23. The molecule has 0 aromatic heterocycles. The van der Waals surface area contributed by atoms with Gasteiger partial charge in [0.05, 0.1) is 7.11 Å². The normalized spacial score (nSPS) is 17.1. The zero-order chi connectivity index (χ0) is 17.7. The van der Waals surface area contributed by atoms with Crippen molar-refractivity contribution in [2.24, 2.45) is 0 Å². The van der Waals surface area contributed by atoms with Crippen LogP contribution in [-0.4, -0.2) is 49.2 Å². The van der Waals surface area contributed by atoms with Crippen LogP contribution in [0.25, 0.3) is 0 Å². The number of nitrogens with zero attached hydrogens (tertiary/aromatic N) is 1. The maximum atomic E-state index is 12.0. The second-order valence-corrected chi connectivity index (χ2v) is 5.94. The fourth-order valence-corrected chi connectivity index (χ4v) is 3.10. The van der Waals surface area contributed by atoms with E-state index in [-0.39, 0.29) is 23.6 Å². The molecule has 130 valence electrons. The van der Waals surface area contributed by atoms with Gasteiger partial charge in [0.25, 0.3) is 0 Å². The van der Waals surface area contributed by atoms with E-state index in [9.17, 15) is 14.4 Å². The number of carbonyl (C=O) groups excluding carboxylic acids is 3. The lowest BCUT2D eigenvalue weighted by molar-refractivity contribution is -0.145. The number of nitrogens with one attached hydrogen (secondary N) is 1. The number of methoxy groups -OCH3 is 1. The van der Waals surface area contributed by atoms with Crippen molar-refractivity contribution in [3.63, 3.8) is 0 Å². The maximum absolute atomic E-state index is 12.0. The predicted octanol–water partition coefficient (Wildman–Crippen LogP) is 1.64. The zero-order valence-corrected chi connectivity index (χ0v) is 14.6. The monoisotopic (exact) mass is 372 g/mol. The average molecular weight is 373 g/mol. The van der Waals surface area contributed by atoms with Gasteiger partial charge in [-0.05, 0) is 18.1 Å². The van der Waals surface area contributed by atoms with Crippen LogP contribution in [0.4, 0.5) is 5.69 Å². The first-order valence-electron chi connectivity index (χ1n) is 7.40. The Morgan fingerprint density at radius 1 is 1.29 bits per heavy atom. The van der Waals surface area contributed by atoms with Crippen molar-refractivity contribution in [3.8, 4) is 0 Å². The number of fused-ring (bicyclic) bond motifs is 1. The first-order chi connectivity index (χ1) is 11.5. The third-order valence-corrected chi connectivity index (χ3v) is 4.42. The number of halogens is 2. The van der Waals surface area contributed by atoms with Gasteiger partial charge in [-0.3, -0.25) is 9.59 Å². The minimum absolute atomic E-state index is 0.118. The van der Waals surface area contributed by atoms with Crippen LogP contribution in [0.2, 0.25) is 0 Å². The largest absolute Gasteiger partial charge is 0.467 e.